The second kappa shape index (κ2) is 12.0. The molecule has 0 saturated heterocycles. The lowest BCUT2D eigenvalue weighted by atomic mass is 9.98. The molecule has 14 heteroatoms. The van der Waals surface area contributed by atoms with E-state index in [0.29, 0.717) is 34.6 Å². The maximum atomic E-state index is 13.7. The van der Waals surface area contributed by atoms with Crippen molar-refractivity contribution in [3.8, 4) is 45.1 Å². The predicted molar refractivity (Wildman–Crippen MR) is 158 cm³/mol. The van der Waals surface area contributed by atoms with E-state index < -0.39 is 33.8 Å². The minimum atomic E-state index is -4.90. The van der Waals surface area contributed by atoms with Gasteiger partial charge in [0.1, 0.15) is 17.3 Å². The van der Waals surface area contributed by atoms with Gasteiger partial charge in [0.2, 0.25) is 0 Å². The summed E-state index contributed by atoms with van der Waals surface area (Å²) < 4.78 is 115. The lowest BCUT2D eigenvalue weighted by molar-refractivity contribution is -0.274. The van der Waals surface area contributed by atoms with Crippen LogP contribution in [0.3, 0.4) is 0 Å². The molecule has 0 saturated carbocycles. The molecule has 0 radical (unpaired) electrons. The first kappa shape index (κ1) is 32.8. The summed E-state index contributed by atoms with van der Waals surface area (Å²) in [6.45, 7) is 5.28. The molecule has 0 bridgehead atoms. The summed E-state index contributed by atoms with van der Waals surface area (Å²) in [6, 6.07) is 16.0. The lowest BCUT2D eigenvalue weighted by Crippen LogP contribution is -2.16. The van der Waals surface area contributed by atoms with E-state index in [1.54, 1.807) is 30.3 Å². The van der Waals surface area contributed by atoms with Crippen molar-refractivity contribution in [3.05, 3.63) is 90.3 Å². The Morgan fingerprint density at radius 1 is 0.891 bits per heavy atom. The molecule has 0 aliphatic rings. The smallest absolute Gasteiger partial charge is 0.440 e. The number of halogens is 6. The molecule has 0 fully saturated rings. The van der Waals surface area contributed by atoms with Crippen molar-refractivity contribution >= 4 is 9.84 Å². The summed E-state index contributed by atoms with van der Waals surface area (Å²) in [5.74, 6) is 0.121. The normalized spacial score (nSPS) is 12.6. The van der Waals surface area contributed by atoms with Crippen molar-refractivity contribution in [2.75, 3.05) is 6.26 Å². The highest BCUT2D eigenvalue weighted by Gasteiger charge is 2.35. The van der Waals surface area contributed by atoms with Crippen LogP contribution in [0, 0.1) is 12.8 Å². The fourth-order valence-corrected chi connectivity index (χ4v) is 5.53. The average molecular weight is 664 g/mol. The van der Waals surface area contributed by atoms with Crippen LogP contribution in [0.4, 0.5) is 26.3 Å². The molecular weight excluding hydrogens is 636 g/mol. The van der Waals surface area contributed by atoms with Crippen molar-refractivity contribution < 1.29 is 43.9 Å². The Hall–Kier alpha value is -4.59. The maximum absolute atomic E-state index is 13.7. The Balaban J connectivity index is 1.76. The molecule has 7 nitrogen and oxygen atoms in total. The van der Waals surface area contributed by atoms with Crippen molar-refractivity contribution in [2.24, 2.45) is 5.92 Å². The standard InChI is InChI=1S/C32H27F6N3O4S/c1-18(2)14-28-40-29(30(44-28)20-8-11-23(12-9-20)45-32(36,37)38)25-16-22(21-6-5-7-24(15-21)46(4,42)43)10-13-26(25)41-17-27(31(33,34)35)39-19(41)3/h5-13,15-18H,14H2,1-4H3. The zero-order valence-corrected chi connectivity index (χ0v) is 25.7. The first-order chi connectivity index (χ1) is 21.4. The Labute approximate surface area is 260 Å². The Morgan fingerprint density at radius 2 is 1.54 bits per heavy atom. The van der Waals surface area contributed by atoms with E-state index in [1.165, 1.54) is 35.8 Å². The number of aryl methyl sites for hydroxylation is 1. The molecule has 0 atom stereocenters. The highest BCUT2D eigenvalue weighted by atomic mass is 32.2. The highest BCUT2D eigenvalue weighted by Crippen LogP contribution is 2.40. The Kier molecular flexibility index (Phi) is 8.53. The predicted octanol–water partition coefficient (Wildman–Crippen LogP) is 8.69. The van der Waals surface area contributed by atoms with Gasteiger partial charge in [0.05, 0.1) is 10.6 Å². The van der Waals surface area contributed by atoms with Gasteiger partial charge < -0.3 is 13.7 Å². The number of sulfone groups is 1. The van der Waals surface area contributed by atoms with Crippen molar-refractivity contribution in [1.29, 1.82) is 0 Å². The second-order valence-corrected chi connectivity index (χ2v) is 13.0. The number of alkyl halides is 6. The van der Waals surface area contributed by atoms with Crippen LogP contribution in [0.5, 0.6) is 5.75 Å². The lowest BCUT2D eigenvalue weighted by Gasteiger charge is -2.14. The van der Waals surface area contributed by atoms with Gasteiger partial charge in [-0.05, 0) is 72.5 Å². The highest BCUT2D eigenvalue weighted by molar-refractivity contribution is 7.90. The van der Waals surface area contributed by atoms with E-state index in [2.05, 4.69) is 9.72 Å². The van der Waals surface area contributed by atoms with Gasteiger partial charge in [-0.2, -0.15) is 13.2 Å². The van der Waals surface area contributed by atoms with Crippen molar-refractivity contribution in [3.63, 3.8) is 0 Å². The van der Waals surface area contributed by atoms with Crippen LogP contribution in [0.2, 0.25) is 0 Å². The molecule has 46 heavy (non-hydrogen) atoms. The number of hydrogen-bond donors (Lipinski definition) is 0. The van der Waals surface area contributed by atoms with E-state index in [-0.39, 0.29) is 33.8 Å². The topological polar surface area (TPSA) is 87.2 Å². The van der Waals surface area contributed by atoms with Crippen LogP contribution in [0.15, 0.2) is 82.2 Å². The van der Waals surface area contributed by atoms with Crippen molar-refractivity contribution in [1.82, 2.24) is 14.5 Å². The number of ether oxygens (including phenoxy) is 1. The van der Waals surface area contributed by atoms with E-state index in [1.807, 2.05) is 13.8 Å². The fraction of sp³-hybridized carbons (Fsp3) is 0.250. The number of benzene rings is 3. The number of oxazole rings is 1. The number of imidazole rings is 1. The summed E-state index contributed by atoms with van der Waals surface area (Å²) in [4.78, 5) is 8.48. The average Bonchev–Trinajstić information content (AvgIpc) is 3.55. The first-order valence-corrected chi connectivity index (χ1v) is 15.7. The van der Waals surface area contributed by atoms with E-state index >= 15 is 0 Å². The number of aromatic nitrogens is 3. The largest absolute Gasteiger partial charge is 0.573 e. The van der Waals surface area contributed by atoms with Crippen molar-refractivity contribution in [2.45, 2.75) is 44.6 Å². The Morgan fingerprint density at radius 3 is 2.13 bits per heavy atom. The zero-order chi connectivity index (χ0) is 33.6. The SMILES string of the molecule is Cc1nc(C(F)(F)F)cn1-c1ccc(-c2cccc(S(C)(=O)=O)c2)cc1-c1nc(CC(C)C)oc1-c1ccc(OC(F)(F)F)cc1. The van der Waals surface area contributed by atoms with E-state index in [0.717, 1.165) is 24.6 Å². The second-order valence-electron chi connectivity index (χ2n) is 11.0. The van der Waals surface area contributed by atoms with E-state index in [4.69, 9.17) is 9.40 Å². The monoisotopic (exact) mass is 663 g/mol. The third-order valence-corrected chi connectivity index (χ3v) is 7.99. The van der Waals surface area contributed by atoms with Gasteiger partial charge in [0.25, 0.3) is 0 Å². The number of nitrogens with zero attached hydrogens (tertiary/aromatic N) is 3. The maximum Gasteiger partial charge on any atom is 0.573 e. The quantitative estimate of drug-likeness (QED) is 0.155. The molecule has 0 aliphatic heterocycles. The van der Waals surface area contributed by atoms with Crippen LogP contribution < -0.4 is 4.74 Å². The van der Waals surface area contributed by atoms with Gasteiger partial charge >= 0.3 is 12.5 Å². The van der Waals surface area contributed by atoms with Gasteiger partial charge in [0.15, 0.2) is 27.2 Å². The van der Waals surface area contributed by atoms with E-state index in [9.17, 15) is 34.8 Å². The van der Waals surface area contributed by atoms with Crippen LogP contribution in [-0.4, -0.2) is 35.6 Å². The minimum Gasteiger partial charge on any atom is -0.440 e. The third-order valence-electron chi connectivity index (χ3n) is 6.88. The molecule has 3 aromatic carbocycles. The zero-order valence-electron chi connectivity index (χ0n) is 24.9. The molecule has 0 amide bonds. The summed E-state index contributed by atoms with van der Waals surface area (Å²) in [7, 11) is -3.56. The molecule has 5 rings (SSSR count). The fourth-order valence-electron chi connectivity index (χ4n) is 4.86. The molecule has 5 aromatic rings. The summed E-state index contributed by atoms with van der Waals surface area (Å²) in [6.07, 6.45) is -7.30. The van der Waals surface area contributed by atoms with Crippen LogP contribution in [-0.2, 0) is 22.4 Å². The van der Waals surface area contributed by atoms with Gasteiger partial charge in [-0.1, -0.05) is 32.0 Å². The molecule has 2 aromatic heterocycles. The van der Waals surface area contributed by atoms with Crippen LogP contribution >= 0.6 is 0 Å². The summed E-state index contributed by atoms with van der Waals surface area (Å²) in [5.41, 5.74) is 1.02. The first-order valence-electron chi connectivity index (χ1n) is 13.8. The van der Waals surface area contributed by atoms with Gasteiger partial charge in [-0.3, -0.25) is 0 Å². The molecule has 0 spiro atoms. The minimum absolute atomic E-state index is 0.0292. The number of rotatable bonds is 8. The molecular formula is C32H27F6N3O4S. The molecule has 242 valence electrons. The Bertz CT molecular complexity index is 1990. The molecule has 2 heterocycles. The van der Waals surface area contributed by atoms with Gasteiger partial charge in [-0.25, -0.2) is 18.4 Å². The third kappa shape index (κ3) is 7.27. The summed E-state index contributed by atoms with van der Waals surface area (Å²) >= 11 is 0. The summed E-state index contributed by atoms with van der Waals surface area (Å²) in [5, 5.41) is 0. The van der Waals surface area contributed by atoms with Crippen LogP contribution in [0.25, 0.3) is 39.4 Å². The molecule has 0 unspecified atom stereocenters. The van der Waals surface area contributed by atoms with Gasteiger partial charge in [0, 0.05) is 30.0 Å². The number of hydrogen-bond acceptors (Lipinski definition) is 6. The van der Waals surface area contributed by atoms with Gasteiger partial charge in [-0.15, -0.1) is 13.2 Å². The molecule has 0 aliphatic carbocycles. The van der Waals surface area contributed by atoms with Crippen LogP contribution in [0.1, 0.15) is 31.3 Å². The molecule has 0 N–H and O–H groups in total.